The first-order valence-corrected chi connectivity index (χ1v) is 23.3. The van der Waals surface area contributed by atoms with Crippen LogP contribution in [0.4, 0.5) is 17.1 Å². The lowest BCUT2D eigenvalue weighted by atomic mass is 9.70. The Balaban J connectivity index is 0.918. The van der Waals surface area contributed by atoms with Crippen LogP contribution in [-0.2, 0) is 11.8 Å². The summed E-state index contributed by atoms with van der Waals surface area (Å²) >= 11 is 0. The van der Waals surface area contributed by atoms with Crippen molar-refractivity contribution >= 4 is 45.1 Å². The summed E-state index contributed by atoms with van der Waals surface area (Å²) < 4.78 is 2.52. The minimum Gasteiger partial charge on any atom is -0.310 e. The highest BCUT2D eigenvalue weighted by Crippen LogP contribution is 2.63. The second kappa shape index (κ2) is 14.7. The van der Waals surface area contributed by atoms with Crippen LogP contribution in [0.15, 0.2) is 224 Å². The molecule has 4 heteroatoms. The van der Waals surface area contributed by atoms with Crippen LogP contribution in [0.25, 0.3) is 78.5 Å². The first-order chi connectivity index (χ1) is 33.2. The number of nitrogens with zero attached hydrogens (tertiary/aromatic N) is 4. The van der Waals surface area contributed by atoms with E-state index < -0.39 is 5.41 Å². The van der Waals surface area contributed by atoms with E-state index in [4.69, 9.17) is 9.97 Å². The van der Waals surface area contributed by atoms with E-state index >= 15 is 0 Å². The highest BCUT2D eigenvalue weighted by molar-refractivity contribution is 5.98. The Kier molecular flexibility index (Phi) is 8.29. The molecule has 1 spiro atoms. The smallest absolute Gasteiger partial charge is 0.0973 e. The summed E-state index contributed by atoms with van der Waals surface area (Å²) in [7, 11) is 0. The molecule has 3 aliphatic carbocycles. The molecule has 9 aromatic carbocycles. The third-order valence-electron chi connectivity index (χ3n) is 14.5. The molecule has 0 saturated carbocycles. The lowest BCUT2D eigenvalue weighted by Gasteiger charge is -2.30. The molecule has 0 unspecified atom stereocenters. The first kappa shape index (κ1) is 37.7. The molecule has 0 saturated heterocycles. The van der Waals surface area contributed by atoms with Crippen LogP contribution in [0.1, 0.15) is 39.9 Å². The Labute approximate surface area is 389 Å². The zero-order valence-corrected chi connectivity index (χ0v) is 36.6. The van der Waals surface area contributed by atoms with E-state index in [0.29, 0.717) is 0 Å². The second-order valence-electron chi connectivity index (χ2n) is 18.0. The van der Waals surface area contributed by atoms with Crippen LogP contribution in [-0.4, -0.2) is 14.5 Å². The standard InChI is InChI=1S/C63H42N4/c1-3-17-41(18-4-1)61-62(65-58-29-15-14-28-57(58)64-61)42-31-33-44(34-32-42)66(43-19-5-2-6-20-43)45-36-38-60-52(39-45)51-24-10-16-30-59(51)67(60)46-35-37-50-49-23-9-13-27-55(49)63(56(50)40-46)53-25-11-7-21-47(53)48-22-8-12-26-54(48)63/h1-9,11-23,25-40H,10,24H2. The molecule has 2 aromatic heterocycles. The Bertz CT molecular complexity index is 3740. The van der Waals surface area contributed by atoms with Crippen molar-refractivity contribution in [2.24, 2.45) is 0 Å². The molecule has 14 rings (SSSR count). The van der Waals surface area contributed by atoms with Crippen molar-refractivity contribution < 1.29 is 0 Å². The van der Waals surface area contributed by atoms with Gasteiger partial charge >= 0.3 is 0 Å². The maximum Gasteiger partial charge on any atom is 0.0973 e. The van der Waals surface area contributed by atoms with Crippen molar-refractivity contribution in [1.82, 2.24) is 14.5 Å². The number of para-hydroxylation sites is 3. The van der Waals surface area contributed by atoms with Crippen molar-refractivity contribution in [1.29, 1.82) is 0 Å². The third-order valence-corrected chi connectivity index (χ3v) is 14.5. The summed E-state index contributed by atoms with van der Waals surface area (Å²) in [5, 5.41) is 1.28. The van der Waals surface area contributed by atoms with Gasteiger partial charge in [0.2, 0.25) is 0 Å². The fourth-order valence-electron chi connectivity index (χ4n) is 11.7. The molecule has 3 aliphatic rings. The van der Waals surface area contributed by atoms with E-state index in [9.17, 15) is 0 Å². The Morgan fingerprint density at radius 2 is 0.955 bits per heavy atom. The third kappa shape index (κ3) is 5.54. The fraction of sp³-hybridized carbons (Fsp3) is 0.0476. The summed E-state index contributed by atoms with van der Waals surface area (Å²) in [5.74, 6) is 0. The van der Waals surface area contributed by atoms with E-state index in [0.717, 1.165) is 63.5 Å². The molecule has 0 radical (unpaired) electrons. The van der Waals surface area contributed by atoms with Crippen molar-refractivity contribution in [2.45, 2.75) is 18.3 Å². The van der Waals surface area contributed by atoms with Crippen molar-refractivity contribution in [2.75, 3.05) is 4.90 Å². The molecule has 4 nitrogen and oxygen atoms in total. The van der Waals surface area contributed by atoms with Gasteiger partial charge < -0.3 is 9.47 Å². The van der Waals surface area contributed by atoms with E-state index in [1.165, 1.54) is 72.4 Å². The number of fused-ring (bicyclic) bond motifs is 14. The van der Waals surface area contributed by atoms with E-state index in [2.05, 4.69) is 210 Å². The summed E-state index contributed by atoms with van der Waals surface area (Å²) in [5.41, 5.74) is 24.2. The molecular formula is C63H42N4. The fourth-order valence-corrected chi connectivity index (χ4v) is 11.7. The maximum atomic E-state index is 5.20. The molecule has 2 heterocycles. The predicted octanol–water partition coefficient (Wildman–Crippen LogP) is 15.7. The van der Waals surface area contributed by atoms with Gasteiger partial charge in [0.15, 0.2) is 0 Å². The van der Waals surface area contributed by atoms with Gasteiger partial charge in [0.25, 0.3) is 0 Å². The summed E-state index contributed by atoms with van der Waals surface area (Å²) in [6.45, 7) is 0. The Morgan fingerprint density at radius 3 is 1.60 bits per heavy atom. The summed E-state index contributed by atoms with van der Waals surface area (Å²) in [6.07, 6.45) is 6.69. The number of aryl methyl sites for hydroxylation is 1. The number of allylic oxidation sites excluding steroid dienone is 1. The lowest BCUT2D eigenvalue weighted by molar-refractivity contribution is 0.792. The Hall–Kier alpha value is -8.60. The molecular weight excluding hydrogens is 813 g/mol. The number of rotatable bonds is 6. The van der Waals surface area contributed by atoms with Gasteiger partial charge in [0.1, 0.15) is 0 Å². The monoisotopic (exact) mass is 854 g/mol. The van der Waals surface area contributed by atoms with Gasteiger partial charge in [-0.2, -0.15) is 0 Å². The average molecular weight is 855 g/mol. The Morgan fingerprint density at radius 1 is 0.433 bits per heavy atom. The quantitative estimate of drug-likeness (QED) is 0.167. The van der Waals surface area contributed by atoms with E-state index in [1.807, 2.05) is 30.3 Å². The molecule has 0 amide bonds. The van der Waals surface area contributed by atoms with Crippen molar-refractivity contribution in [3.8, 4) is 50.5 Å². The van der Waals surface area contributed by atoms with Gasteiger partial charge in [-0.25, -0.2) is 9.97 Å². The minimum atomic E-state index is -0.406. The maximum absolute atomic E-state index is 5.20. The van der Waals surface area contributed by atoms with Crippen molar-refractivity contribution in [3.63, 3.8) is 0 Å². The highest BCUT2D eigenvalue weighted by Gasteiger charge is 2.51. The zero-order valence-electron chi connectivity index (χ0n) is 36.6. The summed E-state index contributed by atoms with van der Waals surface area (Å²) in [4.78, 5) is 12.7. The number of anilines is 3. The number of hydrogen-bond acceptors (Lipinski definition) is 3. The molecule has 0 fully saturated rings. The highest BCUT2D eigenvalue weighted by atomic mass is 15.1. The molecule has 11 aromatic rings. The van der Waals surface area contributed by atoms with Gasteiger partial charge in [-0.05, 0) is 136 Å². The van der Waals surface area contributed by atoms with Gasteiger partial charge in [0, 0.05) is 45.0 Å². The van der Waals surface area contributed by atoms with Gasteiger partial charge in [0.05, 0.1) is 33.4 Å². The number of benzene rings is 9. The topological polar surface area (TPSA) is 34.0 Å². The minimum absolute atomic E-state index is 0.406. The molecule has 0 atom stereocenters. The van der Waals surface area contributed by atoms with E-state index in [1.54, 1.807) is 0 Å². The van der Waals surface area contributed by atoms with Crippen LogP contribution in [0.5, 0.6) is 0 Å². The average Bonchev–Trinajstić information content (AvgIpc) is 4.00. The van der Waals surface area contributed by atoms with Crippen LogP contribution in [0, 0.1) is 0 Å². The van der Waals surface area contributed by atoms with Gasteiger partial charge in [-0.3, -0.25) is 0 Å². The van der Waals surface area contributed by atoms with Gasteiger partial charge in [-0.1, -0.05) is 158 Å². The largest absolute Gasteiger partial charge is 0.310 e. The van der Waals surface area contributed by atoms with Crippen LogP contribution in [0.3, 0.4) is 0 Å². The first-order valence-electron chi connectivity index (χ1n) is 23.3. The number of aromatic nitrogens is 3. The lowest BCUT2D eigenvalue weighted by Crippen LogP contribution is -2.26. The van der Waals surface area contributed by atoms with Crippen LogP contribution >= 0.6 is 0 Å². The SMILES string of the molecule is C1=Cc2c(c3cc(N(c4ccccc4)c4ccc(-c5nc6ccccc6nc5-c5ccccc5)cc4)ccc3n2-c2ccc3c(c2)C2(c4ccccc4-c4ccccc42)c2ccccc2-3)CC1. The molecule has 0 aliphatic heterocycles. The molecule has 314 valence electrons. The predicted molar refractivity (Wildman–Crippen MR) is 276 cm³/mol. The molecule has 0 N–H and O–H groups in total. The normalized spacial score (nSPS) is 13.6. The second-order valence-corrected chi connectivity index (χ2v) is 18.0. The zero-order chi connectivity index (χ0) is 44.1. The van der Waals surface area contributed by atoms with Crippen molar-refractivity contribution in [3.05, 3.63) is 258 Å². The summed E-state index contributed by atoms with van der Waals surface area (Å²) in [6, 6.07) is 79.5. The van der Waals surface area contributed by atoms with Gasteiger partial charge in [-0.15, -0.1) is 0 Å². The number of hydrogen-bond donors (Lipinski definition) is 0. The van der Waals surface area contributed by atoms with Crippen LogP contribution in [0.2, 0.25) is 0 Å². The molecule has 0 bridgehead atoms. The van der Waals surface area contributed by atoms with E-state index in [-0.39, 0.29) is 0 Å². The molecule has 67 heavy (non-hydrogen) atoms. The van der Waals surface area contributed by atoms with Crippen LogP contribution < -0.4 is 4.90 Å².